The van der Waals surface area contributed by atoms with Gasteiger partial charge in [-0.2, -0.15) is 0 Å². The van der Waals surface area contributed by atoms with Crippen molar-refractivity contribution in [3.05, 3.63) is 28.8 Å². The molecular weight excluding hydrogens is 506 g/mol. The van der Waals surface area contributed by atoms with Crippen molar-refractivity contribution in [2.45, 2.75) is 119 Å². The van der Waals surface area contributed by atoms with Gasteiger partial charge >= 0.3 is 11.9 Å². The average molecular weight is 558 g/mol. The molecule has 6 atom stereocenters. The van der Waals surface area contributed by atoms with Crippen LogP contribution in [0.2, 0.25) is 0 Å². The number of carbonyl (C=O) groups is 2. The van der Waals surface area contributed by atoms with Gasteiger partial charge in [-0.3, -0.25) is 14.5 Å². The third-order valence-corrected chi connectivity index (χ3v) is 8.62. The lowest BCUT2D eigenvalue weighted by atomic mass is 9.74. The van der Waals surface area contributed by atoms with Crippen molar-refractivity contribution in [1.29, 1.82) is 0 Å². The highest BCUT2D eigenvalue weighted by Gasteiger charge is 2.48. The normalized spacial score (nSPS) is 29.2. The number of piperidine rings is 1. The fourth-order valence-corrected chi connectivity index (χ4v) is 6.20. The van der Waals surface area contributed by atoms with Crippen LogP contribution in [0.25, 0.3) is 0 Å². The molecule has 0 unspecified atom stereocenters. The summed E-state index contributed by atoms with van der Waals surface area (Å²) in [5.41, 5.74) is 2.18. The molecule has 0 aromatic heterocycles. The number of fused-ring (bicyclic) bond motifs is 2. The molecule has 1 aliphatic carbocycles. The predicted molar refractivity (Wildman–Crippen MR) is 155 cm³/mol. The van der Waals surface area contributed by atoms with Crippen LogP contribution in [0.1, 0.15) is 91.3 Å². The Morgan fingerprint density at radius 3 is 2.27 bits per heavy atom. The second-order valence-electron chi connectivity index (χ2n) is 14.3. The Hall–Kier alpha value is -2.12. The molecule has 0 bridgehead atoms. The van der Waals surface area contributed by atoms with Gasteiger partial charge in [-0.1, -0.05) is 26.0 Å². The van der Waals surface area contributed by atoms with Crippen LogP contribution in [0.3, 0.4) is 0 Å². The first-order valence-electron chi connectivity index (χ1n) is 15.3. The fourth-order valence-electron chi connectivity index (χ4n) is 6.20. The highest BCUT2D eigenvalue weighted by atomic mass is 16.7. The molecule has 2 saturated heterocycles. The Kier molecular flexibility index (Phi) is 9.26. The molecule has 3 aliphatic rings. The van der Waals surface area contributed by atoms with Crippen LogP contribution < -0.4 is 4.74 Å². The van der Waals surface area contributed by atoms with Crippen molar-refractivity contribution in [2.24, 2.45) is 22.7 Å². The molecular formula is C33H51NO6. The van der Waals surface area contributed by atoms with Crippen LogP contribution in [0.5, 0.6) is 5.75 Å². The summed E-state index contributed by atoms with van der Waals surface area (Å²) >= 11 is 0. The number of aryl methyl sites for hydroxylation is 1. The smallest absolute Gasteiger partial charge is 0.311 e. The van der Waals surface area contributed by atoms with Crippen molar-refractivity contribution in [1.82, 2.24) is 4.90 Å². The lowest BCUT2D eigenvalue weighted by Gasteiger charge is -2.45. The number of hydrogen-bond acceptors (Lipinski definition) is 7. The molecule has 0 spiro atoms. The second-order valence-corrected chi connectivity index (χ2v) is 14.3. The van der Waals surface area contributed by atoms with Crippen molar-refractivity contribution in [3.8, 4) is 5.75 Å². The lowest BCUT2D eigenvalue weighted by molar-refractivity contribution is -0.249. The number of hydrogen-bond donors (Lipinski definition) is 0. The number of benzene rings is 1. The van der Waals surface area contributed by atoms with Crippen molar-refractivity contribution < 1.29 is 28.5 Å². The Morgan fingerprint density at radius 1 is 1.00 bits per heavy atom. The van der Waals surface area contributed by atoms with E-state index in [4.69, 9.17) is 18.9 Å². The summed E-state index contributed by atoms with van der Waals surface area (Å²) in [6.45, 7) is 19.9. The Bertz CT molecular complexity index is 1070. The largest absolute Gasteiger partial charge is 0.460 e. The summed E-state index contributed by atoms with van der Waals surface area (Å²) in [6.07, 6.45) is 3.17. The summed E-state index contributed by atoms with van der Waals surface area (Å²) in [7, 11) is 0. The van der Waals surface area contributed by atoms with Crippen molar-refractivity contribution >= 4 is 11.9 Å². The average Bonchev–Trinajstić information content (AvgIpc) is 2.87. The highest BCUT2D eigenvalue weighted by molar-refractivity contribution is 5.76. The second kappa shape index (κ2) is 12.0. The summed E-state index contributed by atoms with van der Waals surface area (Å²) in [4.78, 5) is 28.8. The number of rotatable bonds is 6. The SMILES string of the molecule is CCCN1CCC[C@@H]2Cc3c(ccc(C)c3O[C@@H]3OC[C@@H](C)[C@H](OC(=O)C(C)(C)C)[C@H]3OC(=O)C(C)(C)C)C[C@H]21. The zero-order chi connectivity index (χ0) is 29.4. The molecule has 0 N–H and O–H groups in total. The van der Waals surface area contributed by atoms with Gasteiger partial charge in [0.1, 0.15) is 11.9 Å². The van der Waals surface area contributed by atoms with E-state index in [1.54, 1.807) is 0 Å². The standard InChI is InChI=1S/C33H51NO6/c1-10-15-34-16-11-12-23-17-24-22(18-25(23)34)14-13-20(2)26(24)38-29-28(40-31(36)33(7,8)9)27(21(3)19-37-29)39-30(35)32(4,5)6/h13-14,21,23,25,27-29H,10-12,15-19H2,1-9H3/t21-,23-,25-,27+,28-,29+/m1/s1. The van der Waals surface area contributed by atoms with E-state index in [0.29, 0.717) is 18.6 Å². The third-order valence-electron chi connectivity index (χ3n) is 8.62. The maximum Gasteiger partial charge on any atom is 0.311 e. The lowest BCUT2D eigenvalue weighted by Crippen LogP contribution is -2.56. The molecule has 1 aromatic rings. The molecule has 1 aromatic carbocycles. The maximum absolute atomic E-state index is 13.1. The zero-order valence-corrected chi connectivity index (χ0v) is 26.2. The molecule has 2 aliphatic heterocycles. The Labute approximate surface area is 241 Å². The van der Waals surface area contributed by atoms with Crippen molar-refractivity contribution in [3.63, 3.8) is 0 Å². The highest BCUT2D eigenvalue weighted by Crippen LogP contribution is 2.41. The first-order chi connectivity index (χ1) is 18.7. The van der Waals surface area contributed by atoms with E-state index in [0.717, 1.165) is 30.7 Å². The number of esters is 2. The van der Waals surface area contributed by atoms with E-state index >= 15 is 0 Å². The first kappa shape index (κ1) is 30.8. The molecule has 224 valence electrons. The van der Waals surface area contributed by atoms with E-state index in [9.17, 15) is 9.59 Å². The molecule has 0 amide bonds. The molecule has 7 heteroatoms. The number of nitrogens with zero attached hydrogens (tertiary/aromatic N) is 1. The van der Waals surface area contributed by atoms with Gasteiger partial charge in [-0.25, -0.2) is 0 Å². The third kappa shape index (κ3) is 6.67. The van der Waals surface area contributed by atoms with E-state index in [2.05, 4.69) is 30.9 Å². The molecule has 2 heterocycles. The van der Waals surface area contributed by atoms with Gasteiger partial charge in [0, 0.05) is 12.0 Å². The van der Waals surface area contributed by atoms with Gasteiger partial charge in [0.2, 0.25) is 12.4 Å². The van der Waals surface area contributed by atoms with Crippen LogP contribution in [-0.2, 0) is 36.6 Å². The minimum Gasteiger partial charge on any atom is -0.460 e. The van der Waals surface area contributed by atoms with Gasteiger partial charge in [0.15, 0.2) is 0 Å². The summed E-state index contributed by atoms with van der Waals surface area (Å²) in [6, 6.07) is 4.95. The van der Waals surface area contributed by atoms with Crippen molar-refractivity contribution in [2.75, 3.05) is 19.7 Å². The van der Waals surface area contributed by atoms with Gasteiger partial charge < -0.3 is 18.9 Å². The van der Waals surface area contributed by atoms with Gasteiger partial charge in [0.25, 0.3) is 0 Å². The molecule has 40 heavy (non-hydrogen) atoms. The summed E-state index contributed by atoms with van der Waals surface area (Å²) < 4.78 is 25.0. The number of carbonyl (C=O) groups excluding carboxylic acids is 2. The summed E-state index contributed by atoms with van der Waals surface area (Å²) in [5.74, 6) is 0.533. The molecule has 2 fully saturated rings. The maximum atomic E-state index is 13.1. The fraction of sp³-hybridized carbons (Fsp3) is 0.758. The Balaban J connectivity index is 1.65. The van der Waals surface area contributed by atoms with Crippen LogP contribution in [0, 0.1) is 29.6 Å². The molecule has 4 rings (SSSR count). The minimum absolute atomic E-state index is 0.165. The van der Waals surface area contributed by atoms with Gasteiger partial charge in [0.05, 0.1) is 17.4 Å². The van der Waals surface area contributed by atoms with E-state index in [1.807, 2.05) is 48.5 Å². The topological polar surface area (TPSA) is 74.3 Å². The molecule has 0 radical (unpaired) electrons. The van der Waals surface area contributed by atoms with Crippen LogP contribution in [0.4, 0.5) is 0 Å². The minimum atomic E-state index is -0.886. The number of ether oxygens (including phenoxy) is 4. The quantitative estimate of drug-likeness (QED) is 0.405. The van der Waals surface area contributed by atoms with E-state index in [1.165, 1.54) is 36.9 Å². The van der Waals surface area contributed by atoms with Crippen LogP contribution >= 0.6 is 0 Å². The first-order valence-corrected chi connectivity index (χ1v) is 15.3. The van der Waals surface area contributed by atoms with Crippen LogP contribution in [-0.4, -0.2) is 61.1 Å². The number of likely N-dealkylation sites (tertiary alicyclic amines) is 1. The molecule has 0 saturated carbocycles. The monoisotopic (exact) mass is 557 g/mol. The van der Waals surface area contributed by atoms with Crippen LogP contribution in [0.15, 0.2) is 12.1 Å². The molecule has 7 nitrogen and oxygen atoms in total. The van der Waals surface area contributed by atoms with E-state index < -0.39 is 29.3 Å². The van der Waals surface area contributed by atoms with E-state index in [-0.39, 0.29) is 17.9 Å². The Morgan fingerprint density at radius 2 is 1.65 bits per heavy atom. The van der Waals surface area contributed by atoms with Gasteiger partial charge in [-0.15, -0.1) is 0 Å². The summed E-state index contributed by atoms with van der Waals surface area (Å²) in [5, 5.41) is 0. The zero-order valence-electron chi connectivity index (χ0n) is 26.2. The predicted octanol–water partition coefficient (Wildman–Crippen LogP) is 5.87. The van der Waals surface area contributed by atoms with Gasteiger partial charge in [-0.05, 0) is 116 Å².